The Labute approximate surface area is 146 Å². The number of carbonyl (C=O) groups is 2. The first kappa shape index (κ1) is 22.2. The number of hydrogen-bond donors (Lipinski definition) is 0. The van der Waals surface area contributed by atoms with Crippen LogP contribution in [0.25, 0.3) is 0 Å². The van der Waals surface area contributed by atoms with E-state index < -0.39 is 11.9 Å². The minimum atomic E-state index is -0.541. The van der Waals surface area contributed by atoms with Crippen LogP contribution in [0.5, 0.6) is 0 Å². The molecule has 0 aromatic heterocycles. The summed E-state index contributed by atoms with van der Waals surface area (Å²) in [5.41, 5.74) is 0. The molecule has 0 heterocycles. The standard InChI is InChI=1S/C20H32O4/c1-3-5-7-9-11-13-17-23-19(21)15-16-20(22)24-18-14-12-10-8-6-4-2/h11-16H,3-10,17-18H2,1-2H3/b13-11+,14-12+,16-15+. The summed E-state index contributed by atoms with van der Waals surface area (Å²) >= 11 is 0. The van der Waals surface area contributed by atoms with Gasteiger partial charge in [0.25, 0.3) is 0 Å². The van der Waals surface area contributed by atoms with Crippen molar-refractivity contribution >= 4 is 11.9 Å². The highest BCUT2D eigenvalue weighted by molar-refractivity contribution is 5.91. The normalized spacial score (nSPS) is 11.6. The molecule has 0 fully saturated rings. The predicted octanol–water partition coefficient (Wildman–Crippen LogP) is 4.90. The molecule has 0 aliphatic rings. The van der Waals surface area contributed by atoms with E-state index in [1.165, 1.54) is 25.7 Å². The van der Waals surface area contributed by atoms with Crippen molar-refractivity contribution in [2.45, 2.75) is 65.2 Å². The van der Waals surface area contributed by atoms with Gasteiger partial charge in [-0.1, -0.05) is 63.8 Å². The van der Waals surface area contributed by atoms with Crippen LogP contribution in [0, 0.1) is 0 Å². The fourth-order valence-corrected chi connectivity index (χ4v) is 1.89. The molecule has 0 saturated carbocycles. The number of carbonyl (C=O) groups excluding carboxylic acids is 2. The highest BCUT2D eigenvalue weighted by Crippen LogP contribution is 2.00. The average Bonchev–Trinajstić information content (AvgIpc) is 2.58. The molecule has 0 unspecified atom stereocenters. The van der Waals surface area contributed by atoms with Gasteiger partial charge < -0.3 is 9.47 Å². The zero-order valence-electron chi connectivity index (χ0n) is 15.2. The first-order chi connectivity index (χ1) is 11.7. The van der Waals surface area contributed by atoms with Gasteiger partial charge in [0.1, 0.15) is 13.2 Å². The highest BCUT2D eigenvalue weighted by atomic mass is 16.5. The number of ether oxygens (including phenoxy) is 2. The summed E-state index contributed by atoms with van der Waals surface area (Å²) in [6, 6.07) is 0. The summed E-state index contributed by atoms with van der Waals surface area (Å²) in [4.78, 5) is 22.8. The van der Waals surface area contributed by atoms with E-state index >= 15 is 0 Å². The van der Waals surface area contributed by atoms with E-state index in [9.17, 15) is 9.59 Å². The largest absolute Gasteiger partial charge is 0.458 e. The predicted molar refractivity (Wildman–Crippen MR) is 97.6 cm³/mol. The van der Waals surface area contributed by atoms with E-state index in [-0.39, 0.29) is 13.2 Å². The maximum Gasteiger partial charge on any atom is 0.331 e. The Morgan fingerprint density at radius 2 is 1.08 bits per heavy atom. The molecule has 0 rings (SSSR count). The van der Waals surface area contributed by atoms with Gasteiger partial charge in [-0.25, -0.2) is 9.59 Å². The molecule has 0 spiro atoms. The molecule has 0 aliphatic carbocycles. The molecule has 0 aromatic rings. The summed E-state index contributed by atoms with van der Waals surface area (Å²) in [6.07, 6.45) is 19.0. The van der Waals surface area contributed by atoms with Gasteiger partial charge in [0.05, 0.1) is 0 Å². The number of esters is 2. The van der Waals surface area contributed by atoms with E-state index in [1.807, 2.05) is 24.3 Å². The van der Waals surface area contributed by atoms with Crippen LogP contribution >= 0.6 is 0 Å². The summed E-state index contributed by atoms with van der Waals surface area (Å²) in [5.74, 6) is -1.08. The molecule has 0 bridgehead atoms. The van der Waals surface area contributed by atoms with Crippen LogP contribution in [-0.4, -0.2) is 25.2 Å². The second-order valence-electron chi connectivity index (χ2n) is 5.53. The van der Waals surface area contributed by atoms with Crippen molar-refractivity contribution in [3.8, 4) is 0 Å². The Morgan fingerprint density at radius 3 is 1.46 bits per heavy atom. The molecule has 0 aromatic carbocycles. The van der Waals surface area contributed by atoms with Gasteiger partial charge in [0.15, 0.2) is 0 Å². The van der Waals surface area contributed by atoms with Crippen molar-refractivity contribution in [1.29, 1.82) is 0 Å². The molecule has 0 amide bonds. The van der Waals surface area contributed by atoms with E-state index in [1.54, 1.807) is 0 Å². The lowest BCUT2D eigenvalue weighted by Crippen LogP contribution is -2.04. The quantitative estimate of drug-likeness (QED) is 0.196. The van der Waals surface area contributed by atoms with Crippen LogP contribution < -0.4 is 0 Å². The number of unbranched alkanes of at least 4 members (excludes halogenated alkanes) is 6. The Bertz CT molecular complexity index is 370. The molecule has 0 N–H and O–H groups in total. The second-order valence-corrected chi connectivity index (χ2v) is 5.53. The molecule has 136 valence electrons. The van der Waals surface area contributed by atoms with Gasteiger partial charge >= 0.3 is 11.9 Å². The van der Waals surface area contributed by atoms with Crippen LogP contribution in [0.4, 0.5) is 0 Å². The van der Waals surface area contributed by atoms with Crippen molar-refractivity contribution in [2.24, 2.45) is 0 Å². The van der Waals surface area contributed by atoms with Gasteiger partial charge in [-0.05, 0) is 25.7 Å². The minimum Gasteiger partial charge on any atom is -0.458 e. The Morgan fingerprint density at radius 1 is 0.667 bits per heavy atom. The first-order valence-corrected chi connectivity index (χ1v) is 9.02. The molecule has 4 nitrogen and oxygen atoms in total. The average molecular weight is 336 g/mol. The Balaban J connectivity index is 3.68. The SMILES string of the molecule is CCCCC/C=C/COC(=O)/C=C/C(=O)OC/C=C/CCCCC. The molecule has 0 radical (unpaired) electrons. The molecule has 0 atom stereocenters. The maximum absolute atomic E-state index is 11.4. The molecule has 0 saturated heterocycles. The van der Waals surface area contributed by atoms with Crippen molar-refractivity contribution in [2.75, 3.05) is 13.2 Å². The molecular formula is C20H32O4. The Hall–Kier alpha value is -1.84. The summed E-state index contributed by atoms with van der Waals surface area (Å²) in [5, 5.41) is 0. The third-order valence-electron chi connectivity index (χ3n) is 3.28. The zero-order chi connectivity index (χ0) is 17.9. The van der Waals surface area contributed by atoms with Crippen LogP contribution in [0.2, 0.25) is 0 Å². The summed E-state index contributed by atoms with van der Waals surface area (Å²) in [7, 11) is 0. The fourth-order valence-electron chi connectivity index (χ4n) is 1.89. The van der Waals surface area contributed by atoms with Crippen molar-refractivity contribution in [1.82, 2.24) is 0 Å². The van der Waals surface area contributed by atoms with Crippen molar-refractivity contribution < 1.29 is 19.1 Å². The van der Waals surface area contributed by atoms with Crippen LogP contribution in [0.15, 0.2) is 36.5 Å². The van der Waals surface area contributed by atoms with Gasteiger partial charge in [-0.15, -0.1) is 0 Å². The number of rotatable bonds is 14. The first-order valence-electron chi connectivity index (χ1n) is 9.02. The number of hydrogen-bond acceptors (Lipinski definition) is 4. The van der Waals surface area contributed by atoms with Crippen LogP contribution in [0.3, 0.4) is 0 Å². The third kappa shape index (κ3) is 16.5. The smallest absolute Gasteiger partial charge is 0.331 e. The molecule has 24 heavy (non-hydrogen) atoms. The fraction of sp³-hybridized carbons (Fsp3) is 0.600. The van der Waals surface area contributed by atoms with E-state index in [0.717, 1.165) is 37.8 Å². The van der Waals surface area contributed by atoms with Crippen molar-refractivity contribution in [3.05, 3.63) is 36.5 Å². The zero-order valence-corrected chi connectivity index (χ0v) is 15.2. The highest BCUT2D eigenvalue weighted by Gasteiger charge is 1.99. The summed E-state index contributed by atoms with van der Waals surface area (Å²) in [6.45, 7) is 4.77. The van der Waals surface area contributed by atoms with E-state index in [0.29, 0.717) is 0 Å². The van der Waals surface area contributed by atoms with Crippen LogP contribution in [0.1, 0.15) is 65.2 Å². The van der Waals surface area contributed by atoms with E-state index in [4.69, 9.17) is 9.47 Å². The topological polar surface area (TPSA) is 52.6 Å². The Kier molecular flexibility index (Phi) is 16.2. The third-order valence-corrected chi connectivity index (χ3v) is 3.28. The molecular weight excluding hydrogens is 304 g/mol. The lowest BCUT2D eigenvalue weighted by molar-refractivity contribution is -0.139. The van der Waals surface area contributed by atoms with Crippen LogP contribution in [-0.2, 0) is 19.1 Å². The van der Waals surface area contributed by atoms with Gasteiger partial charge in [-0.3, -0.25) is 0 Å². The number of allylic oxidation sites excluding steroid dienone is 2. The summed E-state index contributed by atoms with van der Waals surface area (Å²) < 4.78 is 9.89. The van der Waals surface area contributed by atoms with Gasteiger partial charge in [-0.2, -0.15) is 0 Å². The monoisotopic (exact) mass is 336 g/mol. The second kappa shape index (κ2) is 17.5. The van der Waals surface area contributed by atoms with Gasteiger partial charge in [0, 0.05) is 12.2 Å². The van der Waals surface area contributed by atoms with Gasteiger partial charge in [0.2, 0.25) is 0 Å². The lowest BCUT2D eigenvalue weighted by Gasteiger charge is -1.98. The van der Waals surface area contributed by atoms with E-state index in [2.05, 4.69) is 13.8 Å². The molecule has 4 heteroatoms. The molecule has 0 aliphatic heterocycles. The maximum atomic E-state index is 11.4. The minimum absolute atomic E-state index is 0.227. The lowest BCUT2D eigenvalue weighted by atomic mass is 10.2. The van der Waals surface area contributed by atoms with Crippen molar-refractivity contribution in [3.63, 3.8) is 0 Å².